The van der Waals surface area contributed by atoms with E-state index in [0.717, 1.165) is 30.4 Å². The molecular weight excluding hydrogens is 328 g/mol. The molecule has 0 radical (unpaired) electrons. The van der Waals surface area contributed by atoms with Crippen LogP contribution in [-0.4, -0.2) is 30.4 Å². The van der Waals surface area contributed by atoms with E-state index in [0.29, 0.717) is 17.3 Å². The number of nitrogens with one attached hydrogen (secondary N) is 1. The second-order valence-corrected chi connectivity index (χ2v) is 5.77. The average molecular weight is 348 g/mol. The predicted molar refractivity (Wildman–Crippen MR) is 84.8 cm³/mol. The third kappa shape index (κ3) is 5.93. The Bertz CT molecular complexity index is 420. The third-order valence-electron chi connectivity index (χ3n) is 2.65. The largest absolute Gasteiger partial charge is 0.324 e. The van der Waals surface area contributed by atoms with Crippen LogP contribution in [0.3, 0.4) is 0 Å². The van der Waals surface area contributed by atoms with Crippen molar-refractivity contribution in [1.82, 2.24) is 4.90 Å². The number of nitrogens with zero attached hydrogens (tertiary/aromatic N) is 1. The Morgan fingerprint density at radius 3 is 2.47 bits per heavy atom. The molecule has 0 fully saturated rings. The first kappa shape index (κ1) is 16.5. The number of carbonyl (C=O) groups is 1. The van der Waals surface area contributed by atoms with Gasteiger partial charge in [-0.1, -0.05) is 41.4 Å². The zero-order valence-corrected chi connectivity index (χ0v) is 13.7. The standard InChI is InChI=1S/C14H20BrClN2O/c1-3-7-18(8-4-2)10-14(19)17-13-6-5-11(15)9-12(13)16/h5-6,9H,3-4,7-8,10H2,1-2H3,(H,17,19). The molecule has 1 aromatic carbocycles. The fraction of sp³-hybridized carbons (Fsp3) is 0.500. The predicted octanol–water partition coefficient (Wildman–Crippen LogP) is 4.16. The number of benzene rings is 1. The molecule has 0 aliphatic carbocycles. The lowest BCUT2D eigenvalue weighted by atomic mass is 10.3. The Balaban J connectivity index is 2.58. The third-order valence-corrected chi connectivity index (χ3v) is 3.46. The summed E-state index contributed by atoms with van der Waals surface area (Å²) in [6.45, 7) is 6.52. The van der Waals surface area contributed by atoms with Gasteiger partial charge in [-0.05, 0) is 44.1 Å². The number of amides is 1. The molecule has 5 heteroatoms. The molecule has 19 heavy (non-hydrogen) atoms. The first-order valence-electron chi connectivity index (χ1n) is 6.54. The van der Waals surface area contributed by atoms with Crippen LogP contribution >= 0.6 is 27.5 Å². The van der Waals surface area contributed by atoms with Crippen molar-refractivity contribution in [2.75, 3.05) is 25.0 Å². The Hall–Kier alpha value is -0.580. The molecule has 0 unspecified atom stereocenters. The molecule has 1 rings (SSSR count). The molecule has 0 aliphatic heterocycles. The normalized spacial score (nSPS) is 10.8. The van der Waals surface area contributed by atoms with E-state index in [2.05, 4.69) is 40.0 Å². The maximum atomic E-state index is 12.0. The van der Waals surface area contributed by atoms with Crippen LogP contribution in [0.5, 0.6) is 0 Å². The van der Waals surface area contributed by atoms with E-state index in [1.165, 1.54) is 0 Å². The summed E-state index contributed by atoms with van der Waals surface area (Å²) in [6.07, 6.45) is 2.10. The molecule has 1 amide bonds. The van der Waals surface area contributed by atoms with E-state index in [9.17, 15) is 4.79 Å². The Morgan fingerprint density at radius 1 is 1.32 bits per heavy atom. The molecular formula is C14H20BrClN2O. The van der Waals surface area contributed by atoms with Crippen molar-refractivity contribution in [2.24, 2.45) is 0 Å². The van der Waals surface area contributed by atoms with Gasteiger partial charge in [0.25, 0.3) is 0 Å². The van der Waals surface area contributed by atoms with Crippen molar-refractivity contribution in [3.05, 3.63) is 27.7 Å². The minimum absolute atomic E-state index is 0.0221. The smallest absolute Gasteiger partial charge is 0.238 e. The summed E-state index contributed by atoms with van der Waals surface area (Å²) in [5, 5.41) is 3.39. The van der Waals surface area contributed by atoms with Crippen LogP contribution in [0.1, 0.15) is 26.7 Å². The minimum Gasteiger partial charge on any atom is -0.324 e. The van der Waals surface area contributed by atoms with Gasteiger partial charge >= 0.3 is 0 Å². The molecule has 0 heterocycles. The van der Waals surface area contributed by atoms with Crippen molar-refractivity contribution >= 4 is 39.1 Å². The highest BCUT2D eigenvalue weighted by atomic mass is 79.9. The lowest BCUT2D eigenvalue weighted by Crippen LogP contribution is -2.34. The molecule has 106 valence electrons. The average Bonchev–Trinajstić information content (AvgIpc) is 2.33. The number of rotatable bonds is 7. The van der Waals surface area contributed by atoms with Crippen LogP contribution in [0.4, 0.5) is 5.69 Å². The number of anilines is 1. The van der Waals surface area contributed by atoms with Crippen LogP contribution in [-0.2, 0) is 4.79 Å². The van der Waals surface area contributed by atoms with Gasteiger partial charge in [0.1, 0.15) is 0 Å². The molecule has 0 spiro atoms. The highest BCUT2D eigenvalue weighted by Crippen LogP contribution is 2.25. The number of hydrogen-bond acceptors (Lipinski definition) is 2. The van der Waals surface area contributed by atoms with E-state index in [1.807, 2.05) is 6.07 Å². The second-order valence-electron chi connectivity index (χ2n) is 4.45. The van der Waals surface area contributed by atoms with Gasteiger partial charge in [0.15, 0.2) is 0 Å². The van der Waals surface area contributed by atoms with Crippen LogP contribution in [0.25, 0.3) is 0 Å². The molecule has 0 saturated carbocycles. The lowest BCUT2D eigenvalue weighted by molar-refractivity contribution is -0.117. The second kappa shape index (κ2) is 8.56. The fourth-order valence-electron chi connectivity index (χ4n) is 1.89. The minimum atomic E-state index is -0.0221. The van der Waals surface area contributed by atoms with Gasteiger partial charge in [-0.2, -0.15) is 0 Å². The van der Waals surface area contributed by atoms with E-state index in [4.69, 9.17) is 11.6 Å². The topological polar surface area (TPSA) is 32.3 Å². The highest BCUT2D eigenvalue weighted by molar-refractivity contribution is 9.10. The molecule has 0 aromatic heterocycles. The van der Waals surface area contributed by atoms with Gasteiger partial charge < -0.3 is 5.32 Å². The van der Waals surface area contributed by atoms with Crippen LogP contribution < -0.4 is 5.32 Å². The van der Waals surface area contributed by atoms with E-state index >= 15 is 0 Å². The van der Waals surface area contributed by atoms with E-state index in [1.54, 1.807) is 12.1 Å². The SMILES string of the molecule is CCCN(CCC)CC(=O)Nc1ccc(Br)cc1Cl. The maximum absolute atomic E-state index is 12.0. The number of carbonyl (C=O) groups excluding carboxylic acids is 1. The number of halogens is 2. The van der Waals surface area contributed by atoms with Crippen molar-refractivity contribution < 1.29 is 4.79 Å². The van der Waals surface area contributed by atoms with Crippen molar-refractivity contribution in [1.29, 1.82) is 0 Å². The highest BCUT2D eigenvalue weighted by Gasteiger charge is 2.11. The van der Waals surface area contributed by atoms with Crippen LogP contribution in [0, 0.1) is 0 Å². The summed E-state index contributed by atoms with van der Waals surface area (Å²) in [6, 6.07) is 5.43. The van der Waals surface area contributed by atoms with Crippen LogP contribution in [0.15, 0.2) is 22.7 Å². The van der Waals surface area contributed by atoms with Gasteiger partial charge in [0.2, 0.25) is 5.91 Å². The molecule has 1 aromatic rings. The summed E-state index contributed by atoms with van der Waals surface area (Å²) >= 11 is 9.41. The van der Waals surface area contributed by atoms with Gasteiger partial charge in [-0.3, -0.25) is 9.69 Å². The fourth-order valence-corrected chi connectivity index (χ4v) is 2.61. The molecule has 1 N–H and O–H groups in total. The van der Waals surface area contributed by atoms with Gasteiger partial charge in [0, 0.05) is 4.47 Å². The van der Waals surface area contributed by atoms with Gasteiger partial charge in [-0.15, -0.1) is 0 Å². The summed E-state index contributed by atoms with van der Waals surface area (Å²) in [7, 11) is 0. The van der Waals surface area contributed by atoms with Gasteiger partial charge in [-0.25, -0.2) is 0 Å². The molecule has 3 nitrogen and oxygen atoms in total. The van der Waals surface area contributed by atoms with Crippen molar-refractivity contribution in [2.45, 2.75) is 26.7 Å². The summed E-state index contributed by atoms with van der Waals surface area (Å²) in [5.41, 5.74) is 0.655. The zero-order chi connectivity index (χ0) is 14.3. The lowest BCUT2D eigenvalue weighted by Gasteiger charge is -2.20. The Kier molecular flexibility index (Phi) is 7.42. The monoisotopic (exact) mass is 346 g/mol. The zero-order valence-electron chi connectivity index (χ0n) is 11.4. The molecule has 0 saturated heterocycles. The van der Waals surface area contributed by atoms with Gasteiger partial charge in [0.05, 0.1) is 17.3 Å². The summed E-state index contributed by atoms with van der Waals surface area (Å²) in [4.78, 5) is 14.1. The van der Waals surface area contributed by atoms with E-state index < -0.39 is 0 Å². The Labute approximate surface area is 128 Å². The number of hydrogen-bond donors (Lipinski definition) is 1. The Morgan fingerprint density at radius 2 is 1.95 bits per heavy atom. The van der Waals surface area contributed by atoms with E-state index in [-0.39, 0.29) is 5.91 Å². The summed E-state index contributed by atoms with van der Waals surface area (Å²) in [5.74, 6) is -0.0221. The molecule has 0 atom stereocenters. The van der Waals surface area contributed by atoms with Crippen molar-refractivity contribution in [3.8, 4) is 0 Å². The quantitative estimate of drug-likeness (QED) is 0.803. The summed E-state index contributed by atoms with van der Waals surface area (Å²) < 4.78 is 0.897. The van der Waals surface area contributed by atoms with Crippen LogP contribution in [0.2, 0.25) is 5.02 Å². The molecule has 0 bridgehead atoms. The van der Waals surface area contributed by atoms with Crippen molar-refractivity contribution in [3.63, 3.8) is 0 Å². The molecule has 0 aliphatic rings. The maximum Gasteiger partial charge on any atom is 0.238 e. The first-order chi connectivity index (χ1) is 9.06. The first-order valence-corrected chi connectivity index (χ1v) is 7.71.